The van der Waals surface area contributed by atoms with Crippen LogP contribution in [0.5, 0.6) is 0 Å². The summed E-state index contributed by atoms with van der Waals surface area (Å²) in [4.78, 5) is 34.9. The van der Waals surface area contributed by atoms with Gasteiger partial charge in [0, 0.05) is 5.56 Å². The Bertz CT molecular complexity index is 549. The Morgan fingerprint density at radius 2 is 1.90 bits per heavy atom. The number of ether oxygens (including phenoxy) is 1. The van der Waals surface area contributed by atoms with Crippen molar-refractivity contribution in [1.29, 1.82) is 0 Å². The molecular formula is C15H17NO4. The van der Waals surface area contributed by atoms with Crippen molar-refractivity contribution in [3.05, 3.63) is 29.8 Å². The summed E-state index contributed by atoms with van der Waals surface area (Å²) in [7, 11) is 0. The number of carbonyl (C=O) groups excluding carboxylic acids is 3. The van der Waals surface area contributed by atoms with Crippen molar-refractivity contribution in [3.8, 4) is 0 Å². The molecule has 5 nitrogen and oxygen atoms in total. The zero-order valence-electron chi connectivity index (χ0n) is 11.5. The molecule has 0 heterocycles. The van der Waals surface area contributed by atoms with E-state index in [2.05, 4.69) is 5.32 Å². The summed E-state index contributed by atoms with van der Waals surface area (Å²) in [6.45, 7) is 2.95. The predicted molar refractivity (Wildman–Crippen MR) is 73.4 cm³/mol. The Balaban J connectivity index is 2.00. The normalized spacial score (nSPS) is 15.3. The van der Waals surface area contributed by atoms with Crippen LogP contribution < -0.4 is 5.32 Å². The first kappa shape index (κ1) is 14.2. The van der Waals surface area contributed by atoms with E-state index in [4.69, 9.17) is 4.74 Å². The van der Waals surface area contributed by atoms with E-state index in [-0.39, 0.29) is 17.7 Å². The lowest BCUT2D eigenvalue weighted by atomic mass is 10.1. The third-order valence-corrected chi connectivity index (χ3v) is 3.14. The first-order valence-electron chi connectivity index (χ1n) is 6.60. The topological polar surface area (TPSA) is 72.5 Å². The van der Waals surface area contributed by atoms with Gasteiger partial charge >= 0.3 is 5.97 Å². The standard InChI is InChI=1S/C15H17NO4/c1-9(17)12-5-3-4-6-13(12)16-14(18)10(2)20-15(19)11-7-8-11/h3-6,10-11H,7-8H2,1-2H3,(H,16,18)/t10-/m0/s1. The second-order valence-electron chi connectivity index (χ2n) is 4.94. The molecule has 1 N–H and O–H groups in total. The molecule has 1 amide bonds. The quantitative estimate of drug-likeness (QED) is 0.660. The van der Waals surface area contributed by atoms with Crippen LogP contribution in [0.2, 0.25) is 0 Å². The molecule has 1 fully saturated rings. The molecule has 1 aromatic carbocycles. The van der Waals surface area contributed by atoms with Crippen LogP contribution in [0.4, 0.5) is 5.69 Å². The Morgan fingerprint density at radius 3 is 2.50 bits per heavy atom. The van der Waals surface area contributed by atoms with Crippen molar-refractivity contribution in [2.75, 3.05) is 5.32 Å². The third kappa shape index (κ3) is 3.44. The van der Waals surface area contributed by atoms with E-state index in [1.165, 1.54) is 13.8 Å². The van der Waals surface area contributed by atoms with Gasteiger partial charge < -0.3 is 10.1 Å². The Labute approximate surface area is 117 Å². The predicted octanol–water partition coefficient (Wildman–Crippen LogP) is 2.17. The highest BCUT2D eigenvalue weighted by Gasteiger charge is 2.33. The molecule has 1 atom stereocenters. The van der Waals surface area contributed by atoms with Crippen molar-refractivity contribution in [2.45, 2.75) is 32.8 Å². The molecule has 0 spiro atoms. The minimum absolute atomic E-state index is 0.0465. The molecule has 1 aliphatic carbocycles. The number of nitrogens with one attached hydrogen (secondary N) is 1. The summed E-state index contributed by atoms with van der Waals surface area (Å²) >= 11 is 0. The van der Waals surface area contributed by atoms with Crippen molar-refractivity contribution < 1.29 is 19.1 Å². The molecule has 2 rings (SSSR count). The Hall–Kier alpha value is -2.17. The maximum Gasteiger partial charge on any atom is 0.309 e. The van der Waals surface area contributed by atoms with Gasteiger partial charge in [-0.15, -0.1) is 0 Å². The van der Waals surface area contributed by atoms with Gasteiger partial charge in [0.15, 0.2) is 11.9 Å². The molecule has 0 bridgehead atoms. The molecule has 106 valence electrons. The number of Topliss-reactive ketones (excluding diaryl/α,β-unsaturated/α-hetero) is 1. The molecule has 1 saturated carbocycles. The maximum atomic E-state index is 12.0. The summed E-state index contributed by atoms with van der Waals surface area (Å²) in [6, 6.07) is 6.73. The van der Waals surface area contributed by atoms with E-state index in [0.29, 0.717) is 11.3 Å². The maximum absolute atomic E-state index is 12.0. The smallest absolute Gasteiger partial charge is 0.309 e. The van der Waals surface area contributed by atoms with Gasteiger partial charge in [-0.05, 0) is 38.8 Å². The van der Waals surface area contributed by atoms with Gasteiger partial charge in [0.1, 0.15) is 0 Å². The van der Waals surface area contributed by atoms with Gasteiger partial charge in [0.2, 0.25) is 0 Å². The van der Waals surface area contributed by atoms with E-state index < -0.39 is 12.0 Å². The van der Waals surface area contributed by atoms with Crippen molar-refractivity contribution in [1.82, 2.24) is 0 Å². The number of hydrogen-bond donors (Lipinski definition) is 1. The van der Waals surface area contributed by atoms with Gasteiger partial charge in [-0.2, -0.15) is 0 Å². The molecular weight excluding hydrogens is 258 g/mol. The lowest BCUT2D eigenvalue weighted by molar-refractivity contribution is -0.154. The van der Waals surface area contributed by atoms with Gasteiger partial charge in [-0.3, -0.25) is 14.4 Å². The fourth-order valence-electron chi connectivity index (χ4n) is 1.78. The number of esters is 1. The van der Waals surface area contributed by atoms with Gasteiger partial charge in [0.05, 0.1) is 11.6 Å². The van der Waals surface area contributed by atoms with Crippen molar-refractivity contribution in [2.24, 2.45) is 5.92 Å². The van der Waals surface area contributed by atoms with Crippen LogP contribution in [0, 0.1) is 5.92 Å². The summed E-state index contributed by atoms with van der Waals surface area (Å²) in [5.41, 5.74) is 0.862. The third-order valence-electron chi connectivity index (χ3n) is 3.14. The second kappa shape index (κ2) is 5.86. The molecule has 0 aromatic heterocycles. The molecule has 0 unspecified atom stereocenters. The SMILES string of the molecule is CC(=O)c1ccccc1NC(=O)[C@H](C)OC(=O)C1CC1. The minimum atomic E-state index is -0.872. The monoisotopic (exact) mass is 275 g/mol. The number of rotatable bonds is 5. The molecule has 0 radical (unpaired) electrons. The van der Waals surface area contributed by atoms with Gasteiger partial charge in [0.25, 0.3) is 5.91 Å². The largest absolute Gasteiger partial charge is 0.452 e. The molecule has 5 heteroatoms. The highest BCUT2D eigenvalue weighted by Crippen LogP contribution is 2.30. The minimum Gasteiger partial charge on any atom is -0.452 e. The van der Waals surface area contributed by atoms with Crippen LogP contribution in [0.25, 0.3) is 0 Å². The van der Waals surface area contributed by atoms with E-state index in [0.717, 1.165) is 12.8 Å². The molecule has 0 saturated heterocycles. The highest BCUT2D eigenvalue weighted by molar-refractivity contribution is 6.04. The fourth-order valence-corrected chi connectivity index (χ4v) is 1.78. The molecule has 1 aliphatic rings. The lowest BCUT2D eigenvalue weighted by Crippen LogP contribution is -2.30. The van der Waals surface area contributed by atoms with Crippen LogP contribution >= 0.6 is 0 Å². The van der Waals surface area contributed by atoms with Crippen molar-refractivity contribution in [3.63, 3.8) is 0 Å². The van der Waals surface area contributed by atoms with Crippen LogP contribution in [0.1, 0.15) is 37.0 Å². The van der Waals surface area contributed by atoms with Crippen LogP contribution in [0.3, 0.4) is 0 Å². The van der Waals surface area contributed by atoms with E-state index >= 15 is 0 Å². The van der Waals surface area contributed by atoms with E-state index in [1.54, 1.807) is 24.3 Å². The zero-order valence-corrected chi connectivity index (χ0v) is 11.5. The number of carbonyl (C=O) groups is 3. The number of anilines is 1. The van der Waals surface area contributed by atoms with Crippen molar-refractivity contribution >= 4 is 23.3 Å². The van der Waals surface area contributed by atoms with E-state index in [9.17, 15) is 14.4 Å². The van der Waals surface area contributed by atoms with Crippen LogP contribution in [-0.2, 0) is 14.3 Å². The van der Waals surface area contributed by atoms with E-state index in [1.807, 2.05) is 0 Å². The first-order valence-corrected chi connectivity index (χ1v) is 6.60. The Kier molecular flexibility index (Phi) is 4.17. The average Bonchev–Trinajstić information content (AvgIpc) is 3.23. The first-order chi connectivity index (χ1) is 9.49. The van der Waals surface area contributed by atoms with Gasteiger partial charge in [-0.25, -0.2) is 0 Å². The molecule has 1 aromatic rings. The summed E-state index contributed by atoms with van der Waals surface area (Å²) < 4.78 is 5.07. The number of amides is 1. The number of para-hydroxylation sites is 1. The van der Waals surface area contributed by atoms with Crippen LogP contribution in [0.15, 0.2) is 24.3 Å². The second-order valence-corrected chi connectivity index (χ2v) is 4.94. The number of benzene rings is 1. The zero-order chi connectivity index (χ0) is 14.7. The number of ketones is 1. The molecule has 0 aliphatic heterocycles. The number of hydrogen-bond acceptors (Lipinski definition) is 4. The fraction of sp³-hybridized carbons (Fsp3) is 0.400. The molecule has 20 heavy (non-hydrogen) atoms. The highest BCUT2D eigenvalue weighted by atomic mass is 16.5. The Morgan fingerprint density at radius 1 is 1.25 bits per heavy atom. The van der Waals surface area contributed by atoms with Crippen LogP contribution in [-0.4, -0.2) is 23.8 Å². The average molecular weight is 275 g/mol. The summed E-state index contributed by atoms with van der Waals surface area (Å²) in [5.74, 6) is -0.946. The summed E-state index contributed by atoms with van der Waals surface area (Å²) in [6.07, 6.45) is 0.795. The summed E-state index contributed by atoms with van der Waals surface area (Å²) in [5, 5.41) is 2.62. The lowest BCUT2D eigenvalue weighted by Gasteiger charge is -2.14. The van der Waals surface area contributed by atoms with Gasteiger partial charge in [-0.1, -0.05) is 12.1 Å².